The maximum atomic E-state index is 17.1. The quantitative estimate of drug-likeness (QED) is 0.175. The van der Waals surface area contributed by atoms with Crippen molar-refractivity contribution in [2.24, 2.45) is 11.8 Å². The van der Waals surface area contributed by atoms with Crippen molar-refractivity contribution in [3.05, 3.63) is 87.7 Å². The maximum Gasteiger partial charge on any atom is 0.226 e. The van der Waals surface area contributed by atoms with E-state index in [1.165, 1.54) is 0 Å². The first kappa shape index (κ1) is 31.7. The van der Waals surface area contributed by atoms with Crippen molar-refractivity contribution in [1.82, 2.24) is 24.8 Å². The molecule has 6 heterocycles. The highest BCUT2D eigenvalue weighted by Crippen LogP contribution is 2.51. The van der Waals surface area contributed by atoms with E-state index in [1.54, 1.807) is 30.6 Å². The van der Waals surface area contributed by atoms with Gasteiger partial charge in [-0.3, -0.25) is 9.78 Å². The summed E-state index contributed by atoms with van der Waals surface area (Å²) in [5.41, 5.74) is 4.40. The van der Waals surface area contributed by atoms with E-state index in [1.807, 2.05) is 30.0 Å². The normalized spacial score (nSPS) is 24.1. The summed E-state index contributed by atoms with van der Waals surface area (Å²) in [6.45, 7) is 3.34. The standard InChI is InChI=1S/C39H35Cl2FN6O2/c1-20-27-17-32(31-16-25(50-24-9-12-44-13-10-24)19-47(31)39(49)21-7-8-21)48(37-23-15-30(37)45-18-23)38(27)28-14-22(4-3-11-43)33(35(42)36(28)46-20)26-5-2-6-29(40)34(26)41/h2,5-6,9-10,12-14,17,21,23,25,30-31,37,45H,3-4,7-8,15-16,18-19H2,1H3. The Morgan fingerprint density at radius 1 is 1.14 bits per heavy atom. The fourth-order valence-electron chi connectivity index (χ4n) is 8.68. The van der Waals surface area contributed by atoms with E-state index in [2.05, 4.69) is 27.0 Å². The minimum Gasteiger partial charge on any atom is -0.488 e. The lowest BCUT2D eigenvalue weighted by Gasteiger charge is -2.39. The Kier molecular flexibility index (Phi) is 7.76. The second-order valence-electron chi connectivity index (χ2n) is 14.2. The first-order chi connectivity index (χ1) is 24.3. The van der Waals surface area contributed by atoms with Gasteiger partial charge in [-0.25, -0.2) is 9.37 Å². The lowest BCUT2D eigenvalue weighted by atomic mass is 9.79. The molecule has 1 N–H and O–H groups in total. The van der Waals surface area contributed by atoms with Gasteiger partial charge in [0.05, 0.1) is 40.3 Å². The van der Waals surface area contributed by atoms with E-state index in [9.17, 15) is 10.1 Å². The van der Waals surface area contributed by atoms with Gasteiger partial charge in [-0.05, 0) is 74.4 Å². The molecule has 5 aliphatic rings. The zero-order chi connectivity index (χ0) is 34.3. The van der Waals surface area contributed by atoms with Crippen LogP contribution in [0.3, 0.4) is 0 Å². The van der Waals surface area contributed by atoms with E-state index in [4.69, 9.17) is 32.9 Å². The molecule has 50 heavy (non-hydrogen) atoms. The summed E-state index contributed by atoms with van der Waals surface area (Å²) in [5.74, 6) is 0.895. The molecule has 2 aliphatic carbocycles. The summed E-state index contributed by atoms with van der Waals surface area (Å²) in [5, 5.41) is 15.5. The van der Waals surface area contributed by atoms with Crippen molar-refractivity contribution >= 4 is 50.9 Å². The second kappa shape index (κ2) is 12.2. The van der Waals surface area contributed by atoms with Crippen molar-refractivity contribution in [2.45, 2.75) is 69.7 Å². The van der Waals surface area contributed by atoms with Gasteiger partial charge in [-0.1, -0.05) is 35.3 Å². The molecule has 5 unspecified atom stereocenters. The SMILES string of the molecule is Cc1nc2c(F)c(-c3cccc(Cl)c3Cl)c(CCC#N)cc2c2c1cc(C1CC(Oc3ccncc3)CN1C(=O)C1CC1)n2C1C2CNC1C2. The molecule has 8 nitrogen and oxygen atoms in total. The summed E-state index contributed by atoms with van der Waals surface area (Å²) in [7, 11) is 0. The number of aromatic nitrogens is 3. The Morgan fingerprint density at radius 3 is 2.68 bits per heavy atom. The lowest BCUT2D eigenvalue weighted by molar-refractivity contribution is -0.133. The number of nitriles is 1. The smallest absolute Gasteiger partial charge is 0.226 e. The van der Waals surface area contributed by atoms with Gasteiger partial charge in [0.2, 0.25) is 5.91 Å². The molecule has 0 spiro atoms. The van der Waals surface area contributed by atoms with Crippen LogP contribution < -0.4 is 10.1 Å². The average Bonchev–Trinajstić information content (AvgIpc) is 3.40. The van der Waals surface area contributed by atoms with Crippen LogP contribution in [0.5, 0.6) is 5.75 Å². The van der Waals surface area contributed by atoms with Crippen LogP contribution in [0.15, 0.2) is 54.9 Å². The number of likely N-dealkylation sites (tertiary alicyclic amines) is 1. The molecule has 2 saturated carbocycles. The number of rotatable bonds is 8. The van der Waals surface area contributed by atoms with E-state index >= 15 is 4.39 Å². The van der Waals surface area contributed by atoms with Crippen LogP contribution in [0.2, 0.25) is 10.0 Å². The second-order valence-corrected chi connectivity index (χ2v) is 15.0. The lowest BCUT2D eigenvalue weighted by Crippen LogP contribution is -2.41. The Morgan fingerprint density at radius 2 is 1.96 bits per heavy atom. The number of carbonyl (C=O) groups excluding carboxylic acids is 1. The average molecular weight is 710 g/mol. The summed E-state index contributed by atoms with van der Waals surface area (Å²) in [4.78, 5) is 25.0. The van der Waals surface area contributed by atoms with Crippen LogP contribution in [0.1, 0.15) is 61.1 Å². The van der Waals surface area contributed by atoms with Crippen LogP contribution in [0.25, 0.3) is 32.9 Å². The summed E-state index contributed by atoms with van der Waals surface area (Å²) >= 11 is 13.1. The zero-order valence-corrected chi connectivity index (χ0v) is 29.0. The number of hydrogen-bond acceptors (Lipinski definition) is 6. The van der Waals surface area contributed by atoms with Gasteiger partial charge in [0.1, 0.15) is 17.4 Å². The molecule has 2 bridgehead atoms. The number of ether oxygens (including phenoxy) is 1. The van der Waals surface area contributed by atoms with Gasteiger partial charge in [0, 0.05) is 77.0 Å². The van der Waals surface area contributed by atoms with Gasteiger partial charge in [0.25, 0.3) is 0 Å². The number of fused-ring (bicyclic) bond motifs is 4. The van der Waals surface area contributed by atoms with Gasteiger partial charge < -0.3 is 19.5 Å². The summed E-state index contributed by atoms with van der Waals surface area (Å²) < 4.78 is 26.0. The molecule has 5 aromatic rings. The van der Waals surface area contributed by atoms with Gasteiger partial charge in [-0.15, -0.1) is 0 Å². The van der Waals surface area contributed by atoms with Gasteiger partial charge >= 0.3 is 0 Å². The number of halogens is 3. The predicted octanol–water partition coefficient (Wildman–Crippen LogP) is 8.13. The molecular formula is C39H35Cl2FN6O2. The first-order valence-corrected chi connectivity index (χ1v) is 18.2. The molecule has 0 radical (unpaired) electrons. The minimum atomic E-state index is -0.481. The van der Waals surface area contributed by atoms with Crippen molar-refractivity contribution in [1.29, 1.82) is 5.26 Å². The highest BCUT2D eigenvalue weighted by atomic mass is 35.5. The third kappa shape index (κ3) is 5.06. The third-order valence-electron chi connectivity index (χ3n) is 11.2. The summed E-state index contributed by atoms with van der Waals surface area (Å²) in [6.07, 6.45) is 7.31. The fourth-order valence-corrected chi connectivity index (χ4v) is 9.07. The highest BCUT2D eigenvalue weighted by molar-refractivity contribution is 6.43. The number of nitrogens with zero attached hydrogens (tertiary/aromatic N) is 5. The fraction of sp³-hybridized carbons (Fsp3) is 0.385. The Bertz CT molecular complexity index is 2220. The monoisotopic (exact) mass is 708 g/mol. The number of amides is 1. The molecule has 3 aliphatic heterocycles. The Balaban J connectivity index is 1.27. The minimum absolute atomic E-state index is 0.0503. The van der Waals surface area contributed by atoms with Crippen molar-refractivity contribution in [3.8, 4) is 22.9 Å². The molecule has 5 atom stereocenters. The molecule has 1 amide bonds. The van der Waals surface area contributed by atoms with Crippen molar-refractivity contribution in [3.63, 3.8) is 0 Å². The molecule has 3 saturated heterocycles. The molecule has 254 valence electrons. The third-order valence-corrected chi connectivity index (χ3v) is 12.0. The largest absolute Gasteiger partial charge is 0.488 e. The first-order valence-electron chi connectivity index (χ1n) is 17.4. The van der Waals surface area contributed by atoms with E-state index in [0.29, 0.717) is 58.1 Å². The molecule has 2 aromatic carbocycles. The van der Waals surface area contributed by atoms with Crippen LogP contribution in [-0.2, 0) is 11.2 Å². The number of nitrogens with one attached hydrogen (secondary N) is 1. The van der Waals surface area contributed by atoms with Crippen LogP contribution in [0.4, 0.5) is 4.39 Å². The van der Waals surface area contributed by atoms with Gasteiger partial charge in [0.15, 0.2) is 5.82 Å². The van der Waals surface area contributed by atoms with E-state index in [-0.39, 0.29) is 53.0 Å². The molecule has 5 fully saturated rings. The van der Waals surface area contributed by atoms with Crippen molar-refractivity contribution < 1.29 is 13.9 Å². The number of carbonyl (C=O) groups is 1. The van der Waals surface area contributed by atoms with Crippen molar-refractivity contribution in [2.75, 3.05) is 13.1 Å². The highest BCUT2D eigenvalue weighted by Gasteiger charge is 2.51. The number of aryl methyl sites for hydroxylation is 2. The van der Waals surface area contributed by atoms with Crippen LogP contribution >= 0.6 is 23.2 Å². The zero-order valence-electron chi connectivity index (χ0n) is 27.5. The van der Waals surface area contributed by atoms with Crippen LogP contribution in [0, 0.1) is 35.9 Å². The van der Waals surface area contributed by atoms with E-state index < -0.39 is 5.82 Å². The number of hydrogen-bond donors (Lipinski definition) is 1. The number of pyridine rings is 2. The van der Waals surface area contributed by atoms with E-state index in [0.717, 1.165) is 48.2 Å². The molecular weight excluding hydrogens is 674 g/mol. The Hall–Kier alpha value is -4.23. The summed E-state index contributed by atoms with van der Waals surface area (Å²) in [6, 6.07) is 15.5. The topological polar surface area (TPSA) is 96.1 Å². The molecule has 10 rings (SSSR count). The van der Waals surface area contributed by atoms with Gasteiger partial charge in [-0.2, -0.15) is 5.26 Å². The molecule has 3 aromatic heterocycles. The Labute approximate surface area is 299 Å². The molecule has 11 heteroatoms. The number of benzene rings is 2. The van der Waals surface area contributed by atoms with Crippen LogP contribution in [-0.4, -0.2) is 50.6 Å². The predicted molar refractivity (Wildman–Crippen MR) is 191 cm³/mol. The maximum absolute atomic E-state index is 17.1.